The summed E-state index contributed by atoms with van der Waals surface area (Å²) >= 11 is 8.66. The van der Waals surface area contributed by atoms with Gasteiger partial charge in [-0.3, -0.25) is 4.79 Å². The van der Waals surface area contributed by atoms with E-state index in [0.29, 0.717) is 6.42 Å². The largest absolute Gasteiger partial charge is 0.370 e. The van der Waals surface area contributed by atoms with Gasteiger partial charge in [0.25, 0.3) is 0 Å². The van der Waals surface area contributed by atoms with Crippen molar-refractivity contribution in [1.29, 1.82) is 0 Å². The van der Waals surface area contributed by atoms with Gasteiger partial charge in [-0.15, -0.1) is 11.3 Å². The van der Waals surface area contributed by atoms with Crippen molar-refractivity contribution >= 4 is 49.1 Å². The zero-order chi connectivity index (χ0) is 14.8. The van der Waals surface area contributed by atoms with E-state index < -0.39 is 0 Å². The van der Waals surface area contributed by atoms with Crippen LogP contribution in [0.4, 0.5) is 0 Å². The molecule has 1 aromatic rings. The van der Waals surface area contributed by atoms with Crippen molar-refractivity contribution in [2.75, 3.05) is 0 Å². The second kappa shape index (κ2) is 6.90. The third-order valence-corrected chi connectivity index (χ3v) is 7.53. The molecule has 1 aromatic heterocycles. The Kier molecular flexibility index (Phi) is 5.68. The molecular weight excluding hydrogens is 404 g/mol. The van der Waals surface area contributed by atoms with Gasteiger partial charge in [0, 0.05) is 21.8 Å². The van der Waals surface area contributed by atoms with E-state index in [1.165, 1.54) is 19.3 Å². The number of amides is 1. The zero-order valence-electron chi connectivity index (χ0n) is 11.3. The van der Waals surface area contributed by atoms with Crippen LogP contribution in [0.15, 0.2) is 14.3 Å². The summed E-state index contributed by atoms with van der Waals surface area (Å²) in [5.41, 5.74) is 11.9. The Bertz CT molecular complexity index is 464. The minimum absolute atomic E-state index is 0.00639. The maximum Gasteiger partial charge on any atom is 0.217 e. The molecule has 0 aliphatic heterocycles. The molecule has 1 amide bonds. The van der Waals surface area contributed by atoms with E-state index in [9.17, 15) is 4.79 Å². The minimum Gasteiger partial charge on any atom is -0.370 e. The average Bonchev–Trinajstić information content (AvgIpc) is 2.69. The second-order valence-corrected chi connectivity index (χ2v) is 9.04. The van der Waals surface area contributed by atoms with E-state index in [1.807, 2.05) is 0 Å². The van der Waals surface area contributed by atoms with Crippen LogP contribution in [0.3, 0.4) is 0 Å². The summed E-state index contributed by atoms with van der Waals surface area (Å²) in [5.74, 6) is -0.201. The fraction of sp³-hybridized carbons (Fsp3) is 0.643. The lowest BCUT2D eigenvalue weighted by Crippen LogP contribution is -2.33. The predicted octanol–water partition coefficient (Wildman–Crippen LogP) is 4.49. The molecule has 0 aromatic carbocycles. The lowest BCUT2D eigenvalue weighted by Gasteiger charge is -2.38. The van der Waals surface area contributed by atoms with Gasteiger partial charge in [0.15, 0.2) is 0 Å². The van der Waals surface area contributed by atoms with Crippen LogP contribution in [-0.2, 0) is 4.79 Å². The molecule has 6 heteroatoms. The van der Waals surface area contributed by atoms with Crippen molar-refractivity contribution in [2.45, 2.75) is 51.0 Å². The summed E-state index contributed by atoms with van der Waals surface area (Å²) in [6.07, 6.45) is 7.06. The van der Waals surface area contributed by atoms with Gasteiger partial charge in [0.05, 0.1) is 3.79 Å². The summed E-state index contributed by atoms with van der Waals surface area (Å²) in [6.45, 7) is 0. The Morgan fingerprint density at radius 2 is 2.00 bits per heavy atom. The molecule has 112 valence electrons. The molecule has 1 heterocycles. The number of carbonyl (C=O) groups excluding carboxylic acids is 1. The molecule has 0 spiro atoms. The van der Waals surface area contributed by atoms with Crippen LogP contribution in [0.5, 0.6) is 0 Å². The van der Waals surface area contributed by atoms with Crippen LogP contribution >= 0.6 is 43.2 Å². The molecular formula is C14H20Br2N2OS. The average molecular weight is 424 g/mol. The zero-order valence-corrected chi connectivity index (χ0v) is 15.3. The summed E-state index contributed by atoms with van der Waals surface area (Å²) in [6, 6.07) is 2.04. The number of rotatable bonds is 5. The Balaban J connectivity index is 2.12. The van der Waals surface area contributed by atoms with E-state index in [-0.39, 0.29) is 17.4 Å². The Morgan fingerprint density at radius 3 is 2.50 bits per heavy atom. The van der Waals surface area contributed by atoms with Crippen LogP contribution in [0.2, 0.25) is 0 Å². The van der Waals surface area contributed by atoms with Crippen LogP contribution in [0.1, 0.15) is 55.9 Å². The first-order chi connectivity index (χ1) is 9.42. The monoisotopic (exact) mass is 422 g/mol. The number of hydrogen-bond donors (Lipinski definition) is 2. The van der Waals surface area contributed by atoms with Gasteiger partial charge in [-0.2, -0.15) is 0 Å². The van der Waals surface area contributed by atoms with Gasteiger partial charge in [-0.1, -0.05) is 19.3 Å². The molecule has 2 rings (SSSR count). The molecule has 4 N–H and O–H groups in total. The standard InChI is InChI=1S/C14H20Br2N2OS/c15-9-6-11(20-13(9)16)10(17)7-14(8-12(18)19)4-2-1-3-5-14/h6,10H,1-5,7-8,17H2,(H2,18,19). The van der Waals surface area contributed by atoms with Crippen molar-refractivity contribution < 1.29 is 4.79 Å². The topological polar surface area (TPSA) is 69.1 Å². The van der Waals surface area contributed by atoms with E-state index in [1.54, 1.807) is 11.3 Å². The van der Waals surface area contributed by atoms with Crippen molar-refractivity contribution in [3.05, 3.63) is 19.2 Å². The summed E-state index contributed by atoms with van der Waals surface area (Å²) in [4.78, 5) is 12.6. The highest BCUT2D eigenvalue weighted by Crippen LogP contribution is 2.46. The van der Waals surface area contributed by atoms with E-state index >= 15 is 0 Å². The summed E-state index contributed by atoms with van der Waals surface area (Å²) in [5, 5.41) is 0. The normalized spacial score (nSPS) is 19.8. The van der Waals surface area contributed by atoms with Crippen molar-refractivity contribution in [3.8, 4) is 0 Å². The Labute approximate surface area is 140 Å². The Hall–Kier alpha value is 0.0900. The van der Waals surface area contributed by atoms with Gasteiger partial charge < -0.3 is 11.5 Å². The first-order valence-electron chi connectivity index (χ1n) is 6.90. The Morgan fingerprint density at radius 1 is 1.35 bits per heavy atom. The van der Waals surface area contributed by atoms with Crippen LogP contribution in [0, 0.1) is 5.41 Å². The lowest BCUT2D eigenvalue weighted by molar-refractivity contribution is -0.121. The van der Waals surface area contributed by atoms with Gasteiger partial charge in [-0.25, -0.2) is 0 Å². The van der Waals surface area contributed by atoms with Crippen LogP contribution in [0.25, 0.3) is 0 Å². The highest BCUT2D eigenvalue weighted by Gasteiger charge is 2.35. The molecule has 1 atom stereocenters. The number of carbonyl (C=O) groups is 1. The predicted molar refractivity (Wildman–Crippen MR) is 90.6 cm³/mol. The summed E-state index contributed by atoms with van der Waals surface area (Å²) < 4.78 is 2.11. The SMILES string of the molecule is NC(=O)CC1(CC(N)c2cc(Br)c(Br)s2)CCCCC1. The second-order valence-electron chi connectivity index (χ2n) is 5.78. The maximum absolute atomic E-state index is 11.4. The molecule has 1 saturated carbocycles. The van der Waals surface area contributed by atoms with Crippen molar-refractivity contribution in [3.63, 3.8) is 0 Å². The molecule has 1 fully saturated rings. The van der Waals surface area contributed by atoms with E-state index in [0.717, 1.165) is 32.4 Å². The molecule has 1 unspecified atom stereocenters. The number of hydrogen-bond acceptors (Lipinski definition) is 3. The molecule has 3 nitrogen and oxygen atoms in total. The fourth-order valence-corrected chi connectivity index (χ4v) is 5.33. The van der Waals surface area contributed by atoms with Gasteiger partial charge in [0.2, 0.25) is 5.91 Å². The number of nitrogens with two attached hydrogens (primary N) is 2. The first kappa shape index (κ1) is 16.5. The number of thiophene rings is 1. The highest BCUT2D eigenvalue weighted by molar-refractivity contribution is 9.13. The van der Waals surface area contributed by atoms with Crippen LogP contribution in [-0.4, -0.2) is 5.91 Å². The van der Waals surface area contributed by atoms with Gasteiger partial charge >= 0.3 is 0 Å². The van der Waals surface area contributed by atoms with Gasteiger partial charge in [0.1, 0.15) is 0 Å². The molecule has 20 heavy (non-hydrogen) atoms. The fourth-order valence-electron chi connectivity index (χ4n) is 3.24. The molecule has 0 saturated heterocycles. The van der Waals surface area contributed by atoms with Crippen molar-refractivity contribution in [1.82, 2.24) is 0 Å². The molecule has 1 aliphatic carbocycles. The van der Waals surface area contributed by atoms with E-state index in [2.05, 4.69) is 37.9 Å². The minimum atomic E-state index is -0.201. The van der Waals surface area contributed by atoms with Crippen LogP contribution < -0.4 is 11.5 Å². The van der Waals surface area contributed by atoms with Crippen molar-refractivity contribution in [2.24, 2.45) is 16.9 Å². The molecule has 0 bridgehead atoms. The van der Waals surface area contributed by atoms with E-state index in [4.69, 9.17) is 11.5 Å². The number of primary amides is 1. The molecule has 1 aliphatic rings. The number of halogens is 2. The first-order valence-corrected chi connectivity index (χ1v) is 9.31. The third kappa shape index (κ3) is 4.06. The maximum atomic E-state index is 11.4. The van der Waals surface area contributed by atoms with Gasteiger partial charge in [-0.05, 0) is 62.6 Å². The smallest absolute Gasteiger partial charge is 0.217 e. The third-order valence-electron chi connectivity index (χ3n) is 4.15. The highest BCUT2D eigenvalue weighted by atomic mass is 79.9. The lowest BCUT2D eigenvalue weighted by atomic mass is 9.68. The quantitative estimate of drug-likeness (QED) is 0.732. The summed E-state index contributed by atoms with van der Waals surface area (Å²) in [7, 11) is 0. The molecule has 0 radical (unpaired) electrons.